The average molecular weight is 244 g/mol. The highest BCUT2D eigenvalue weighted by atomic mass is 19.3. The van der Waals surface area contributed by atoms with Gasteiger partial charge in [0, 0.05) is 11.8 Å². The number of esters is 1. The van der Waals surface area contributed by atoms with Gasteiger partial charge in [0.1, 0.15) is 23.1 Å². The molecule has 0 atom stereocenters. The summed E-state index contributed by atoms with van der Waals surface area (Å²) in [6.45, 7) is 0. The zero-order valence-corrected chi connectivity index (χ0v) is 8.71. The third-order valence-electron chi connectivity index (χ3n) is 2.02. The molecule has 0 N–H and O–H groups in total. The van der Waals surface area contributed by atoms with Crippen molar-refractivity contribution in [3.8, 4) is 6.07 Å². The molecule has 0 aliphatic rings. The zero-order valence-electron chi connectivity index (χ0n) is 8.71. The maximum Gasteiger partial charge on any atom is 0.310 e. The van der Waals surface area contributed by atoms with Crippen LogP contribution in [0, 0.1) is 17.1 Å². The molecule has 0 amide bonds. The molecule has 17 heavy (non-hydrogen) atoms. The van der Waals surface area contributed by atoms with Crippen LogP contribution in [0.4, 0.5) is 13.2 Å². The van der Waals surface area contributed by atoms with Crippen molar-refractivity contribution in [3.63, 3.8) is 0 Å². The van der Waals surface area contributed by atoms with E-state index in [2.05, 4.69) is 9.72 Å². The molecule has 1 aromatic rings. The van der Waals surface area contributed by atoms with E-state index in [0.717, 1.165) is 7.11 Å². The van der Waals surface area contributed by atoms with Crippen molar-refractivity contribution in [3.05, 3.63) is 28.8 Å². The maximum atomic E-state index is 13.6. The van der Waals surface area contributed by atoms with Crippen molar-refractivity contribution in [1.29, 1.82) is 5.26 Å². The number of carbonyl (C=O) groups excluding carboxylic acids is 1. The molecule has 4 nitrogen and oxygen atoms in total. The molecule has 0 bridgehead atoms. The van der Waals surface area contributed by atoms with Crippen molar-refractivity contribution in [2.24, 2.45) is 0 Å². The van der Waals surface area contributed by atoms with Crippen molar-refractivity contribution in [1.82, 2.24) is 4.98 Å². The Bertz CT molecular complexity index is 483. The normalized spacial score (nSPS) is 10.1. The summed E-state index contributed by atoms with van der Waals surface area (Å²) in [4.78, 5) is 14.2. The minimum atomic E-state index is -3.03. The fourth-order valence-electron chi connectivity index (χ4n) is 1.19. The molecule has 90 valence electrons. The zero-order chi connectivity index (χ0) is 13.0. The minimum Gasteiger partial charge on any atom is -0.469 e. The summed E-state index contributed by atoms with van der Waals surface area (Å²) in [5.41, 5.74) is -1.95. The van der Waals surface area contributed by atoms with E-state index in [9.17, 15) is 18.0 Å². The molecule has 0 radical (unpaired) electrons. The van der Waals surface area contributed by atoms with Crippen LogP contribution in [-0.2, 0) is 16.0 Å². The highest BCUT2D eigenvalue weighted by Gasteiger charge is 2.23. The Hall–Kier alpha value is -2.10. The molecule has 7 heteroatoms. The molecule has 0 aliphatic carbocycles. The summed E-state index contributed by atoms with van der Waals surface area (Å²) in [7, 11) is 1.05. The number of halogens is 3. The Balaban J connectivity index is 3.31. The monoisotopic (exact) mass is 244 g/mol. The van der Waals surface area contributed by atoms with Crippen LogP contribution >= 0.6 is 0 Å². The standard InChI is InChI=1S/C10H7F3N2O2/c1-17-7(16)2-6-8(11)5(3-14)4-15-9(6)10(12)13/h4,10H,2H2,1H3. The molecule has 1 heterocycles. The molecule has 0 saturated carbocycles. The average Bonchev–Trinajstić information content (AvgIpc) is 2.30. The Morgan fingerprint density at radius 2 is 2.29 bits per heavy atom. The van der Waals surface area contributed by atoms with Crippen molar-refractivity contribution < 1.29 is 22.7 Å². The van der Waals surface area contributed by atoms with Gasteiger partial charge in [0.15, 0.2) is 0 Å². The maximum absolute atomic E-state index is 13.6. The second-order valence-electron chi connectivity index (χ2n) is 3.02. The van der Waals surface area contributed by atoms with E-state index < -0.39 is 41.5 Å². The number of ether oxygens (including phenoxy) is 1. The number of aromatic nitrogens is 1. The van der Waals surface area contributed by atoms with E-state index in [4.69, 9.17) is 5.26 Å². The van der Waals surface area contributed by atoms with Crippen molar-refractivity contribution in [2.75, 3.05) is 7.11 Å². The third kappa shape index (κ3) is 2.72. The number of rotatable bonds is 3. The van der Waals surface area contributed by atoms with Gasteiger partial charge in [0.05, 0.1) is 13.5 Å². The summed E-state index contributed by atoms with van der Waals surface area (Å²) in [6, 6.07) is 1.46. The van der Waals surface area contributed by atoms with Gasteiger partial charge in [-0.3, -0.25) is 9.78 Å². The second-order valence-corrected chi connectivity index (χ2v) is 3.02. The lowest BCUT2D eigenvalue weighted by atomic mass is 10.1. The quantitative estimate of drug-likeness (QED) is 0.760. The molecule has 0 unspecified atom stereocenters. The van der Waals surface area contributed by atoms with Gasteiger partial charge < -0.3 is 4.74 Å². The number of pyridine rings is 1. The first-order valence-electron chi connectivity index (χ1n) is 4.43. The Morgan fingerprint density at radius 3 is 2.76 bits per heavy atom. The molecule has 0 saturated heterocycles. The Kier molecular flexibility index (Phi) is 4.04. The van der Waals surface area contributed by atoms with Crippen LogP contribution in [0.1, 0.15) is 23.2 Å². The molecule has 1 aromatic heterocycles. The first-order chi connectivity index (χ1) is 8.01. The van der Waals surface area contributed by atoms with Gasteiger partial charge in [-0.15, -0.1) is 0 Å². The topological polar surface area (TPSA) is 63.0 Å². The predicted molar refractivity (Wildman–Crippen MR) is 49.6 cm³/mol. The number of hydrogen-bond acceptors (Lipinski definition) is 4. The summed E-state index contributed by atoms with van der Waals surface area (Å²) >= 11 is 0. The van der Waals surface area contributed by atoms with Crippen LogP contribution < -0.4 is 0 Å². The number of nitriles is 1. The van der Waals surface area contributed by atoms with Crippen LogP contribution in [0.25, 0.3) is 0 Å². The lowest BCUT2D eigenvalue weighted by molar-refractivity contribution is -0.139. The third-order valence-corrected chi connectivity index (χ3v) is 2.02. The fraction of sp³-hybridized carbons (Fsp3) is 0.300. The smallest absolute Gasteiger partial charge is 0.310 e. The van der Waals surface area contributed by atoms with Crippen LogP contribution in [0.15, 0.2) is 6.20 Å². The fourth-order valence-corrected chi connectivity index (χ4v) is 1.19. The Labute approximate surface area is 94.6 Å². The van der Waals surface area contributed by atoms with E-state index in [0.29, 0.717) is 6.20 Å². The Morgan fingerprint density at radius 1 is 1.65 bits per heavy atom. The van der Waals surface area contributed by atoms with E-state index in [-0.39, 0.29) is 0 Å². The number of nitrogens with zero attached hydrogens (tertiary/aromatic N) is 2. The van der Waals surface area contributed by atoms with Crippen LogP contribution in [0.5, 0.6) is 0 Å². The SMILES string of the molecule is COC(=O)Cc1c(C(F)F)ncc(C#N)c1F. The summed E-state index contributed by atoms with van der Waals surface area (Å²) in [5.74, 6) is -2.05. The van der Waals surface area contributed by atoms with E-state index in [1.807, 2.05) is 0 Å². The molecule has 1 rings (SSSR count). The van der Waals surface area contributed by atoms with E-state index >= 15 is 0 Å². The number of methoxy groups -OCH3 is 1. The highest BCUT2D eigenvalue weighted by Crippen LogP contribution is 2.25. The highest BCUT2D eigenvalue weighted by molar-refractivity contribution is 5.73. The van der Waals surface area contributed by atoms with Gasteiger partial charge in [0.25, 0.3) is 6.43 Å². The van der Waals surface area contributed by atoms with Gasteiger partial charge in [0.2, 0.25) is 0 Å². The number of hydrogen-bond donors (Lipinski definition) is 0. The van der Waals surface area contributed by atoms with Gasteiger partial charge in [-0.25, -0.2) is 13.2 Å². The molecule has 0 aromatic carbocycles. The number of carbonyl (C=O) groups is 1. The van der Waals surface area contributed by atoms with Gasteiger partial charge in [-0.2, -0.15) is 5.26 Å². The lowest BCUT2D eigenvalue weighted by Gasteiger charge is -2.08. The summed E-state index contributed by atoms with van der Waals surface area (Å²) < 4.78 is 42.9. The van der Waals surface area contributed by atoms with E-state index in [1.165, 1.54) is 6.07 Å². The first kappa shape index (κ1) is 13.0. The van der Waals surface area contributed by atoms with Crippen LogP contribution in [-0.4, -0.2) is 18.1 Å². The molecule has 0 fully saturated rings. The van der Waals surface area contributed by atoms with E-state index in [1.54, 1.807) is 0 Å². The lowest BCUT2D eigenvalue weighted by Crippen LogP contribution is -2.12. The molecule has 0 spiro atoms. The van der Waals surface area contributed by atoms with Gasteiger partial charge in [-0.1, -0.05) is 0 Å². The van der Waals surface area contributed by atoms with Crippen molar-refractivity contribution >= 4 is 5.97 Å². The van der Waals surface area contributed by atoms with Crippen molar-refractivity contribution in [2.45, 2.75) is 12.8 Å². The molecular weight excluding hydrogens is 237 g/mol. The van der Waals surface area contributed by atoms with Crippen LogP contribution in [0.2, 0.25) is 0 Å². The molecular formula is C10H7F3N2O2. The largest absolute Gasteiger partial charge is 0.469 e. The van der Waals surface area contributed by atoms with Gasteiger partial charge >= 0.3 is 5.97 Å². The van der Waals surface area contributed by atoms with Crippen LogP contribution in [0.3, 0.4) is 0 Å². The predicted octanol–water partition coefficient (Wildman–Crippen LogP) is 1.75. The summed E-state index contributed by atoms with van der Waals surface area (Å²) in [5, 5.41) is 8.53. The first-order valence-corrected chi connectivity index (χ1v) is 4.43. The summed E-state index contributed by atoms with van der Waals surface area (Å²) in [6.07, 6.45) is -3.01. The second kappa shape index (κ2) is 5.30. The molecule has 0 aliphatic heterocycles. The number of alkyl halides is 2. The van der Waals surface area contributed by atoms with Gasteiger partial charge in [-0.05, 0) is 0 Å². The minimum absolute atomic E-state index is 0.492.